The molecule has 18 heavy (non-hydrogen) atoms. The van der Waals surface area contributed by atoms with E-state index >= 15 is 0 Å². The average Bonchev–Trinajstić information content (AvgIpc) is 2.75. The second kappa shape index (κ2) is 6.08. The zero-order valence-electron chi connectivity index (χ0n) is 10.1. The Kier molecular flexibility index (Phi) is 4.46. The maximum absolute atomic E-state index is 5.63. The number of nitrogens with zero attached hydrogens (tertiary/aromatic N) is 3. The molecule has 0 bridgehead atoms. The highest BCUT2D eigenvalue weighted by molar-refractivity contribution is 9.10. The Morgan fingerprint density at radius 2 is 2.06 bits per heavy atom. The lowest BCUT2D eigenvalue weighted by atomic mass is 10.2. The zero-order valence-corrected chi connectivity index (χ0v) is 11.7. The second-order valence-electron chi connectivity index (χ2n) is 3.90. The van der Waals surface area contributed by atoms with Crippen molar-refractivity contribution in [2.45, 2.75) is 19.7 Å². The standard InChI is InChI=1S/C12H15BrN4O/c1-18-8-12-11(6-14)15-16-17(12)7-9-2-4-10(13)5-3-9/h2-5H,6-8,14H2,1H3. The molecule has 96 valence electrons. The highest BCUT2D eigenvalue weighted by Crippen LogP contribution is 2.13. The summed E-state index contributed by atoms with van der Waals surface area (Å²) in [6.45, 7) is 1.51. The quantitative estimate of drug-likeness (QED) is 0.912. The fourth-order valence-electron chi connectivity index (χ4n) is 1.71. The van der Waals surface area contributed by atoms with Crippen molar-refractivity contribution in [3.05, 3.63) is 45.7 Å². The van der Waals surface area contributed by atoms with Crippen LogP contribution in [-0.4, -0.2) is 22.1 Å². The molecule has 0 saturated heterocycles. The number of hydrogen-bond acceptors (Lipinski definition) is 4. The van der Waals surface area contributed by atoms with Crippen LogP contribution >= 0.6 is 15.9 Å². The summed E-state index contributed by atoms with van der Waals surface area (Å²) in [5.74, 6) is 0. The third kappa shape index (κ3) is 2.95. The van der Waals surface area contributed by atoms with E-state index in [4.69, 9.17) is 10.5 Å². The third-order valence-electron chi connectivity index (χ3n) is 2.64. The van der Waals surface area contributed by atoms with Crippen LogP contribution in [0.25, 0.3) is 0 Å². The molecule has 2 N–H and O–H groups in total. The number of rotatable bonds is 5. The van der Waals surface area contributed by atoms with Crippen LogP contribution in [0.3, 0.4) is 0 Å². The molecule has 2 rings (SSSR count). The molecule has 0 atom stereocenters. The van der Waals surface area contributed by atoms with Gasteiger partial charge in [0.2, 0.25) is 0 Å². The van der Waals surface area contributed by atoms with E-state index in [1.807, 2.05) is 28.9 Å². The van der Waals surface area contributed by atoms with Gasteiger partial charge in [-0.25, -0.2) is 4.68 Å². The molecule has 0 aliphatic heterocycles. The van der Waals surface area contributed by atoms with Gasteiger partial charge in [-0.05, 0) is 17.7 Å². The smallest absolute Gasteiger partial charge is 0.102 e. The first-order valence-electron chi connectivity index (χ1n) is 5.59. The van der Waals surface area contributed by atoms with Crippen LogP contribution < -0.4 is 5.73 Å². The largest absolute Gasteiger partial charge is 0.378 e. The van der Waals surface area contributed by atoms with Crippen LogP contribution in [-0.2, 0) is 24.4 Å². The first-order valence-corrected chi connectivity index (χ1v) is 6.38. The van der Waals surface area contributed by atoms with Crippen LogP contribution in [0.1, 0.15) is 17.0 Å². The van der Waals surface area contributed by atoms with Crippen molar-refractivity contribution in [2.24, 2.45) is 5.73 Å². The molecule has 1 aromatic heterocycles. The van der Waals surface area contributed by atoms with E-state index in [9.17, 15) is 0 Å². The Labute approximate surface area is 114 Å². The number of aromatic nitrogens is 3. The minimum Gasteiger partial charge on any atom is -0.378 e. The van der Waals surface area contributed by atoms with Gasteiger partial charge in [-0.2, -0.15) is 0 Å². The average molecular weight is 311 g/mol. The van der Waals surface area contributed by atoms with Crippen LogP contribution in [0.4, 0.5) is 0 Å². The molecule has 0 fully saturated rings. The molecule has 0 unspecified atom stereocenters. The van der Waals surface area contributed by atoms with E-state index in [0.29, 0.717) is 19.7 Å². The second-order valence-corrected chi connectivity index (χ2v) is 4.82. The van der Waals surface area contributed by atoms with Crippen LogP contribution in [0.2, 0.25) is 0 Å². The van der Waals surface area contributed by atoms with Gasteiger partial charge in [0, 0.05) is 18.1 Å². The summed E-state index contributed by atoms with van der Waals surface area (Å²) >= 11 is 3.41. The van der Waals surface area contributed by atoms with Crippen molar-refractivity contribution < 1.29 is 4.74 Å². The van der Waals surface area contributed by atoms with E-state index in [0.717, 1.165) is 21.4 Å². The zero-order chi connectivity index (χ0) is 13.0. The van der Waals surface area contributed by atoms with Gasteiger partial charge < -0.3 is 10.5 Å². The van der Waals surface area contributed by atoms with Gasteiger partial charge in [-0.3, -0.25) is 0 Å². The monoisotopic (exact) mass is 310 g/mol. The van der Waals surface area contributed by atoms with Gasteiger partial charge in [-0.15, -0.1) is 5.10 Å². The fraction of sp³-hybridized carbons (Fsp3) is 0.333. The summed E-state index contributed by atoms with van der Waals surface area (Å²) < 4.78 is 8.05. The van der Waals surface area contributed by atoms with Crippen LogP contribution in [0.15, 0.2) is 28.7 Å². The van der Waals surface area contributed by atoms with E-state index < -0.39 is 0 Å². The van der Waals surface area contributed by atoms with Crippen molar-refractivity contribution in [1.82, 2.24) is 15.0 Å². The molecular weight excluding hydrogens is 296 g/mol. The first kappa shape index (κ1) is 13.2. The number of nitrogens with two attached hydrogens (primary N) is 1. The normalized spacial score (nSPS) is 10.8. The van der Waals surface area contributed by atoms with Gasteiger partial charge in [0.1, 0.15) is 5.69 Å². The highest BCUT2D eigenvalue weighted by Gasteiger charge is 2.11. The van der Waals surface area contributed by atoms with Crippen molar-refractivity contribution in [1.29, 1.82) is 0 Å². The van der Waals surface area contributed by atoms with Crippen molar-refractivity contribution in [3.8, 4) is 0 Å². The maximum atomic E-state index is 5.63. The lowest BCUT2D eigenvalue weighted by Crippen LogP contribution is -2.09. The molecule has 0 aliphatic carbocycles. The topological polar surface area (TPSA) is 66.0 Å². The van der Waals surface area contributed by atoms with Crippen molar-refractivity contribution >= 4 is 15.9 Å². The predicted molar refractivity (Wildman–Crippen MR) is 71.9 cm³/mol. The molecule has 5 nitrogen and oxygen atoms in total. The summed E-state index contributed by atoms with van der Waals surface area (Å²) in [4.78, 5) is 0. The number of hydrogen-bond donors (Lipinski definition) is 1. The Bertz CT molecular complexity index is 509. The number of methoxy groups -OCH3 is 1. The van der Waals surface area contributed by atoms with Crippen molar-refractivity contribution in [2.75, 3.05) is 7.11 Å². The van der Waals surface area contributed by atoms with Crippen molar-refractivity contribution in [3.63, 3.8) is 0 Å². The molecule has 0 aliphatic rings. The minimum atomic E-state index is 0.374. The van der Waals surface area contributed by atoms with Crippen LogP contribution in [0.5, 0.6) is 0 Å². The summed E-state index contributed by atoms with van der Waals surface area (Å²) in [6.07, 6.45) is 0. The van der Waals surface area contributed by atoms with E-state index in [-0.39, 0.29) is 0 Å². The lowest BCUT2D eigenvalue weighted by Gasteiger charge is -2.07. The van der Waals surface area contributed by atoms with Gasteiger partial charge in [-0.1, -0.05) is 33.3 Å². The van der Waals surface area contributed by atoms with Gasteiger partial charge in [0.05, 0.1) is 18.8 Å². The molecule has 0 saturated carbocycles. The van der Waals surface area contributed by atoms with E-state index in [1.54, 1.807) is 7.11 Å². The molecule has 1 heterocycles. The number of halogens is 1. The van der Waals surface area contributed by atoms with E-state index in [2.05, 4.69) is 26.2 Å². The summed E-state index contributed by atoms with van der Waals surface area (Å²) in [7, 11) is 1.65. The van der Waals surface area contributed by atoms with Gasteiger partial charge in [0.15, 0.2) is 0 Å². The fourth-order valence-corrected chi connectivity index (χ4v) is 1.98. The Morgan fingerprint density at radius 3 is 2.67 bits per heavy atom. The lowest BCUT2D eigenvalue weighted by molar-refractivity contribution is 0.176. The Balaban J connectivity index is 2.22. The number of benzene rings is 1. The first-order chi connectivity index (χ1) is 8.74. The SMILES string of the molecule is COCc1c(CN)nnn1Cc1ccc(Br)cc1. The van der Waals surface area contributed by atoms with E-state index in [1.165, 1.54) is 0 Å². The summed E-state index contributed by atoms with van der Waals surface area (Å²) in [5, 5.41) is 8.18. The molecule has 0 amide bonds. The Morgan fingerprint density at radius 1 is 1.33 bits per heavy atom. The summed E-state index contributed by atoms with van der Waals surface area (Å²) in [6, 6.07) is 8.10. The van der Waals surface area contributed by atoms with Gasteiger partial charge >= 0.3 is 0 Å². The predicted octanol–water partition coefficient (Wildman–Crippen LogP) is 1.69. The molecule has 1 aromatic carbocycles. The molecule has 0 spiro atoms. The molecule has 0 radical (unpaired) electrons. The molecular formula is C12H15BrN4O. The maximum Gasteiger partial charge on any atom is 0.102 e. The third-order valence-corrected chi connectivity index (χ3v) is 3.17. The van der Waals surface area contributed by atoms with Crippen LogP contribution in [0, 0.1) is 0 Å². The number of ether oxygens (including phenoxy) is 1. The molecule has 6 heteroatoms. The summed E-state index contributed by atoms with van der Waals surface area (Å²) in [5.41, 5.74) is 8.51. The van der Waals surface area contributed by atoms with Gasteiger partial charge in [0.25, 0.3) is 0 Å². The molecule has 2 aromatic rings. The minimum absolute atomic E-state index is 0.374. The highest BCUT2D eigenvalue weighted by atomic mass is 79.9. The Hall–Kier alpha value is -1.24.